The Morgan fingerprint density at radius 2 is 1.30 bits per heavy atom. The number of alkyl halides is 3. The van der Waals surface area contributed by atoms with Crippen molar-refractivity contribution in [3.63, 3.8) is 0 Å². The van der Waals surface area contributed by atoms with Gasteiger partial charge >= 0.3 is 6.18 Å². The highest BCUT2D eigenvalue weighted by molar-refractivity contribution is 6.33. The van der Waals surface area contributed by atoms with Crippen molar-refractivity contribution >= 4 is 47.4 Å². The first-order valence-electron chi connectivity index (χ1n) is 22.1. The fourth-order valence-corrected chi connectivity index (χ4v) is 9.24. The molecule has 2 aromatic rings. The normalized spacial score (nSPS) is 22.5. The van der Waals surface area contributed by atoms with Gasteiger partial charge in [-0.1, -0.05) is 83.3 Å². The van der Waals surface area contributed by atoms with E-state index in [1.54, 1.807) is 32.3 Å². The van der Waals surface area contributed by atoms with Crippen molar-refractivity contribution in [3.8, 4) is 0 Å². The summed E-state index contributed by atoms with van der Waals surface area (Å²) in [7, 11) is 3.20. The molecule has 0 aliphatic heterocycles. The molecule has 10 nitrogen and oxygen atoms in total. The Labute approximate surface area is 382 Å². The number of carbonyl (C=O) groups is 2. The Morgan fingerprint density at radius 1 is 0.778 bits per heavy atom. The third-order valence-electron chi connectivity index (χ3n) is 11.7. The van der Waals surface area contributed by atoms with Gasteiger partial charge in [0, 0.05) is 54.2 Å². The van der Waals surface area contributed by atoms with E-state index in [1.807, 2.05) is 0 Å². The monoisotopic (exact) mass is 920 g/mol. The molecule has 0 radical (unpaired) electrons. The predicted octanol–water partition coefficient (Wildman–Crippen LogP) is 11.2. The van der Waals surface area contributed by atoms with Crippen molar-refractivity contribution in [1.82, 2.24) is 21.3 Å². The molecule has 2 amide bonds. The Kier molecular flexibility index (Phi) is 21.8. The highest BCUT2D eigenvalue weighted by Gasteiger charge is 2.32. The standard InChI is InChI=1S/C24H35Cl2N3O2.C24H34F3N3O2/c1-5-15(2)8-17-9-16(3)10-20(11-17)29-23(30)21(13-27)24(28-4)31-14-18-12-19(25)6-7-22(18)26;1-15(2)8-18-9-16(3)10-20(12-18)30-22(31)21(13-28)23(29-4)32-14-17-6-5-7-19(11-17)24(25,26)27/h6-7,12-13,15-17,20,27-28H,5,8-11,14H2,1-4H3,(H,29,30);5-7,11,13,15-16,18,20,28-29H,8-10,12,14H2,1-4H3,(H,30,31)/b24-21-,27-13?;23-21-,28-13?. The van der Waals surface area contributed by atoms with E-state index in [2.05, 4.69) is 62.8 Å². The zero-order valence-electron chi connectivity index (χ0n) is 38.1. The molecule has 0 bridgehead atoms. The van der Waals surface area contributed by atoms with Crippen LogP contribution < -0.4 is 21.3 Å². The predicted molar refractivity (Wildman–Crippen MR) is 248 cm³/mol. The number of carbonyl (C=O) groups excluding carboxylic acids is 2. The van der Waals surface area contributed by atoms with Gasteiger partial charge in [0.15, 0.2) is 0 Å². The van der Waals surface area contributed by atoms with Gasteiger partial charge in [0.1, 0.15) is 24.4 Å². The fourth-order valence-electron chi connectivity index (χ4n) is 8.88. The SMILES string of the molecule is CCC(C)CC1CC(C)CC(NC(=O)/C(C=N)=C(/NC)OCc2cc(Cl)ccc2Cl)C1.CN/C(OCc1cccc(C(F)(F)F)c1)=C(\C=N)C(=O)NC1CC(C)CC(CC(C)C)C1. The van der Waals surface area contributed by atoms with E-state index in [9.17, 15) is 22.8 Å². The summed E-state index contributed by atoms with van der Waals surface area (Å²) in [6.45, 7) is 13.3. The van der Waals surface area contributed by atoms with Crippen molar-refractivity contribution in [2.45, 2.75) is 131 Å². The molecule has 2 saturated carbocycles. The lowest BCUT2D eigenvalue weighted by Crippen LogP contribution is -2.42. The summed E-state index contributed by atoms with van der Waals surface area (Å²) in [5.74, 6) is 3.13. The number of rotatable bonds is 19. The van der Waals surface area contributed by atoms with Gasteiger partial charge in [-0.15, -0.1) is 0 Å². The summed E-state index contributed by atoms with van der Waals surface area (Å²) in [6, 6.07) is 10.1. The Bertz CT molecular complexity index is 1890. The molecule has 0 saturated heterocycles. The van der Waals surface area contributed by atoms with E-state index in [1.165, 1.54) is 31.4 Å². The lowest BCUT2D eigenvalue weighted by Gasteiger charge is -2.35. The molecule has 63 heavy (non-hydrogen) atoms. The number of nitrogens with one attached hydrogen (secondary N) is 6. The van der Waals surface area contributed by atoms with Crippen LogP contribution in [0.1, 0.15) is 116 Å². The fraction of sp³-hybridized carbons (Fsp3) is 0.583. The van der Waals surface area contributed by atoms with Crippen LogP contribution in [0.15, 0.2) is 65.4 Å². The van der Waals surface area contributed by atoms with Crippen LogP contribution in [-0.4, -0.2) is 50.4 Å². The number of amides is 2. The minimum absolute atomic E-state index is 0.0121. The highest BCUT2D eigenvalue weighted by atomic mass is 35.5. The van der Waals surface area contributed by atoms with E-state index >= 15 is 0 Å². The summed E-state index contributed by atoms with van der Waals surface area (Å²) in [6.07, 6.45) is 7.10. The van der Waals surface area contributed by atoms with Crippen LogP contribution in [0, 0.1) is 46.3 Å². The summed E-state index contributed by atoms with van der Waals surface area (Å²) in [5.41, 5.74) is 0.437. The van der Waals surface area contributed by atoms with Gasteiger partial charge in [-0.3, -0.25) is 9.59 Å². The molecule has 15 heteroatoms. The Hall–Kier alpha value is -4.23. The molecule has 2 aliphatic carbocycles. The van der Waals surface area contributed by atoms with Gasteiger partial charge in [-0.25, -0.2) is 0 Å². The van der Waals surface area contributed by atoms with Gasteiger partial charge in [0.05, 0.1) is 5.56 Å². The van der Waals surface area contributed by atoms with Crippen molar-refractivity contribution in [2.75, 3.05) is 14.1 Å². The van der Waals surface area contributed by atoms with Crippen LogP contribution in [0.25, 0.3) is 0 Å². The van der Waals surface area contributed by atoms with Crippen molar-refractivity contribution in [2.24, 2.45) is 35.5 Å². The minimum Gasteiger partial charge on any atom is -0.474 e. The third kappa shape index (κ3) is 17.7. The summed E-state index contributed by atoms with van der Waals surface area (Å²) in [4.78, 5) is 25.9. The van der Waals surface area contributed by atoms with E-state index < -0.39 is 17.6 Å². The van der Waals surface area contributed by atoms with Crippen LogP contribution in [0.4, 0.5) is 13.2 Å². The molecule has 350 valence electrons. The van der Waals surface area contributed by atoms with Crippen LogP contribution in [0.3, 0.4) is 0 Å². The van der Waals surface area contributed by atoms with Gasteiger partial charge < -0.3 is 41.6 Å². The molecule has 7 atom stereocenters. The van der Waals surface area contributed by atoms with Gasteiger partial charge in [-0.2, -0.15) is 13.2 Å². The minimum atomic E-state index is -4.44. The van der Waals surface area contributed by atoms with Crippen LogP contribution in [0.2, 0.25) is 10.0 Å². The topological polar surface area (TPSA) is 148 Å². The van der Waals surface area contributed by atoms with E-state index in [0.29, 0.717) is 56.7 Å². The lowest BCUT2D eigenvalue weighted by atomic mass is 9.75. The molecule has 2 fully saturated rings. The lowest BCUT2D eigenvalue weighted by molar-refractivity contribution is -0.137. The third-order valence-corrected chi connectivity index (χ3v) is 12.3. The second kappa shape index (κ2) is 25.9. The van der Waals surface area contributed by atoms with Gasteiger partial charge in [-0.05, 0) is 123 Å². The second-order valence-electron chi connectivity index (χ2n) is 17.9. The molecule has 0 aromatic heterocycles. The first-order valence-corrected chi connectivity index (χ1v) is 22.9. The summed E-state index contributed by atoms with van der Waals surface area (Å²) in [5, 5.41) is 28.4. The molecular formula is C48H69Cl2F3N6O4. The molecule has 2 aliphatic rings. The Balaban J connectivity index is 0.000000335. The Morgan fingerprint density at radius 3 is 1.78 bits per heavy atom. The largest absolute Gasteiger partial charge is 0.474 e. The highest BCUT2D eigenvalue weighted by Crippen LogP contribution is 2.35. The first kappa shape index (κ1) is 53.1. The van der Waals surface area contributed by atoms with E-state index in [4.69, 9.17) is 43.5 Å². The number of benzene rings is 2. The van der Waals surface area contributed by atoms with Gasteiger partial charge in [0.2, 0.25) is 11.8 Å². The smallest absolute Gasteiger partial charge is 0.416 e. The zero-order chi connectivity index (χ0) is 46.9. The average molecular weight is 922 g/mol. The number of ether oxygens (including phenoxy) is 2. The number of halogens is 5. The maximum atomic E-state index is 13.0. The van der Waals surface area contributed by atoms with Crippen LogP contribution >= 0.6 is 23.2 Å². The van der Waals surface area contributed by atoms with Crippen LogP contribution in [0.5, 0.6) is 0 Å². The quantitative estimate of drug-likeness (QED) is 0.0470. The average Bonchev–Trinajstić information content (AvgIpc) is 3.21. The van der Waals surface area contributed by atoms with Crippen molar-refractivity contribution < 1.29 is 32.2 Å². The number of hydrogen-bond donors (Lipinski definition) is 6. The zero-order valence-corrected chi connectivity index (χ0v) is 39.6. The molecule has 0 spiro atoms. The number of hydrogen-bond acceptors (Lipinski definition) is 8. The summed E-state index contributed by atoms with van der Waals surface area (Å²) >= 11 is 12.2. The first-order chi connectivity index (χ1) is 29.8. The van der Waals surface area contributed by atoms with E-state index in [-0.39, 0.29) is 54.1 Å². The maximum Gasteiger partial charge on any atom is 0.416 e. The molecule has 6 N–H and O–H groups in total. The summed E-state index contributed by atoms with van der Waals surface area (Å²) < 4.78 is 50.2. The maximum absolute atomic E-state index is 13.0. The van der Waals surface area contributed by atoms with Crippen LogP contribution in [-0.2, 0) is 38.5 Å². The molecule has 7 unspecified atom stereocenters. The molecule has 4 rings (SSSR count). The molecule has 0 heterocycles. The van der Waals surface area contributed by atoms with E-state index in [0.717, 1.165) is 63.1 Å². The molecular weight excluding hydrogens is 852 g/mol. The molecule has 2 aromatic carbocycles. The van der Waals surface area contributed by atoms with Crippen molar-refractivity contribution in [1.29, 1.82) is 10.8 Å². The van der Waals surface area contributed by atoms with Crippen molar-refractivity contribution in [3.05, 3.63) is 92.1 Å². The van der Waals surface area contributed by atoms with Gasteiger partial charge in [0.25, 0.3) is 11.8 Å². The second-order valence-corrected chi connectivity index (χ2v) is 18.7.